The summed E-state index contributed by atoms with van der Waals surface area (Å²) in [6, 6.07) is 0. The maximum atomic E-state index is 5.88. The van der Waals surface area contributed by atoms with Crippen LogP contribution in [-0.2, 0) is 9.47 Å². The second-order valence-corrected chi connectivity index (χ2v) is 3.57. The Kier molecular flexibility index (Phi) is 3.98. The number of ether oxygens (including phenoxy) is 2. The summed E-state index contributed by atoms with van der Waals surface area (Å²) in [5.41, 5.74) is 6.02. The van der Waals surface area contributed by atoms with Crippen molar-refractivity contribution in [2.75, 3.05) is 26.9 Å². The molecule has 1 aliphatic rings. The van der Waals surface area contributed by atoms with Crippen molar-refractivity contribution < 1.29 is 9.47 Å². The monoisotopic (exact) mass is 173 g/mol. The molecular formula is C9H19NO2. The van der Waals surface area contributed by atoms with Crippen LogP contribution in [0.3, 0.4) is 0 Å². The number of hydrogen-bond acceptors (Lipinski definition) is 3. The zero-order valence-corrected chi connectivity index (χ0v) is 7.84. The van der Waals surface area contributed by atoms with Gasteiger partial charge in [0.25, 0.3) is 0 Å². The smallest absolute Gasteiger partial charge is 0.0487 e. The normalized spacial score (nSPS) is 19.5. The lowest BCUT2D eigenvalue weighted by Crippen LogP contribution is -2.23. The molecule has 0 bridgehead atoms. The van der Waals surface area contributed by atoms with Gasteiger partial charge in [-0.25, -0.2) is 0 Å². The predicted octanol–water partition coefficient (Wildman–Crippen LogP) is 0.921. The molecule has 3 nitrogen and oxygen atoms in total. The maximum Gasteiger partial charge on any atom is 0.0487 e. The third-order valence-corrected chi connectivity index (χ3v) is 2.27. The van der Waals surface area contributed by atoms with Crippen molar-refractivity contribution in [3.05, 3.63) is 0 Å². The first kappa shape index (κ1) is 9.96. The molecule has 72 valence electrons. The van der Waals surface area contributed by atoms with Gasteiger partial charge in [0.1, 0.15) is 0 Å². The molecule has 0 aliphatic heterocycles. The Bertz CT molecular complexity index is 124. The minimum absolute atomic E-state index is 0.140. The van der Waals surface area contributed by atoms with E-state index in [1.54, 1.807) is 7.11 Å². The molecule has 0 radical (unpaired) electrons. The fourth-order valence-electron chi connectivity index (χ4n) is 1.09. The predicted molar refractivity (Wildman–Crippen MR) is 48.1 cm³/mol. The quantitative estimate of drug-likeness (QED) is 0.582. The molecule has 1 saturated carbocycles. The van der Waals surface area contributed by atoms with Gasteiger partial charge in [0.15, 0.2) is 0 Å². The average molecular weight is 173 g/mol. The van der Waals surface area contributed by atoms with Crippen LogP contribution in [0.5, 0.6) is 0 Å². The van der Waals surface area contributed by atoms with Crippen molar-refractivity contribution >= 4 is 0 Å². The van der Waals surface area contributed by atoms with E-state index in [0.29, 0.717) is 0 Å². The van der Waals surface area contributed by atoms with Gasteiger partial charge in [0.2, 0.25) is 0 Å². The minimum Gasteiger partial charge on any atom is -0.385 e. The van der Waals surface area contributed by atoms with E-state index >= 15 is 0 Å². The minimum atomic E-state index is 0.140. The van der Waals surface area contributed by atoms with Crippen molar-refractivity contribution in [1.29, 1.82) is 0 Å². The molecule has 2 N–H and O–H groups in total. The molecule has 0 aromatic carbocycles. The number of rotatable bonds is 7. The summed E-state index contributed by atoms with van der Waals surface area (Å²) < 4.78 is 10.3. The lowest BCUT2D eigenvalue weighted by molar-refractivity contribution is 0.0972. The molecule has 1 aliphatic carbocycles. The Balaban J connectivity index is 1.77. The van der Waals surface area contributed by atoms with Crippen molar-refractivity contribution in [2.45, 2.75) is 31.2 Å². The van der Waals surface area contributed by atoms with E-state index in [1.807, 2.05) is 0 Å². The highest BCUT2D eigenvalue weighted by Gasteiger charge is 2.37. The van der Waals surface area contributed by atoms with Crippen LogP contribution in [-0.4, -0.2) is 32.5 Å². The number of hydrogen-bond donors (Lipinski definition) is 1. The fraction of sp³-hybridized carbons (Fsp3) is 1.00. The SMILES string of the molecule is COCCCOCCC1(N)CC1. The Hall–Kier alpha value is -0.120. The van der Waals surface area contributed by atoms with Gasteiger partial charge in [-0.2, -0.15) is 0 Å². The molecule has 0 atom stereocenters. The van der Waals surface area contributed by atoms with E-state index in [-0.39, 0.29) is 5.54 Å². The summed E-state index contributed by atoms with van der Waals surface area (Å²) in [5, 5.41) is 0. The van der Waals surface area contributed by atoms with Crippen LogP contribution >= 0.6 is 0 Å². The van der Waals surface area contributed by atoms with Crippen molar-refractivity contribution in [2.24, 2.45) is 5.73 Å². The number of methoxy groups -OCH3 is 1. The molecular weight excluding hydrogens is 154 g/mol. The first-order chi connectivity index (χ1) is 5.77. The molecule has 3 heteroatoms. The van der Waals surface area contributed by atoms with E-state index in [0.717, 1.165) is 32.7 Å². The van der Waals surface area contributed by atoms with Crippen LogP contribution in [0, 0.1) is 0 Å². The molecule has 0 aromatic rings. The summed E-state index contributed by atoms with van der Waals surface area (Å²) in [6.45, 7) is 2.39. The summed E-state index contributed by atoms with van der Waals surface area (Å²) >= 11 is 0. The van der Waals surface area contributed by atoms with Crippen LogP contribution in [0.2, 0.25) is 0 Å². The average Bonchev–Trinajstić information content (AvgIpc) is 2.77. The van der Waals surface area contributed by atoms with Gasteiger partial charge in [-0.15, -0.1) is 0 Å². The molecule has 1 rings (SSSR count). The second-order valence-electron chi connectivity index (χ2n) is 3.57. The molecule has 1 fully saturated rings. The lowest BCUT2D eigenvalue weighted by Gasteiger charge is -2.08. The summed E-state index contributed by atoms with van der Waals surface area (Å²) in [5.74, 6) is 0. The van der Waals surface area contributed by atoms with E-state index < -0.39 is 0 Å². The fourth-order valence-corrected chi connectivity index (χ4v) is 1.09. The van der Waals surface area contributed by atoms with Crippen LogP contribution < -0.4 is 5.73 Å². The molecule has 0 aromatic heterocycles. The van der Waals surface area contributed by atoms with E-state index in [2.05, 4.69) is 0 Å². The zero-order chi connectivity index (χ0) is 8.86. The molecule has 0 heterocycles. The van der Waals surface area contributed by atoms with E-state index in [9.17, 15) is 0 Å². The Morgan fingerprint density at radius 2 is 2.00 bits per heavy atom. The second kappa shape index (κ2) is 4.80. The van der Waals surface area contributed by atoms with Gasteiger partial charge in [0.05, 0.1) is 0 Å². The standard InChI is InChI=1S/C9H19NO2/c1-11-6-2-7-12-8-5-9(10)3-4-9/h2-8,10H2,1H3. The highest BCUT2D eigenvalue weighted by atomic mass is 16.5. The van der Waals surface area contributed by atoms with Crippen LogP contribution in [0.4, 0.5) is 0 Å². The Morgan fingerprint density at radius 3 is 2.58 bits per heavy atom. The summed E-state index contributed by atoms with van der Waals surface area (Å²) in [6.07, 6.45) is 4.34. The topological polar surface area (TPSA) is 44.5 Å². The van der Waals surface area contributed by atoms with Gasteiger partial charge in [-0.05, 0) is 25.7 Å². The summed E-state index contributed by atoms with van der Waals surface area (Å²) in [7, 11) is 1.71. The molecule has 12 heavy (non-hydrogen) atoms. The van der Waals surface area contributed by atoms with Gasteiger partial charge < -0.3 is 15.2 Å². The van der Waals surface area contributed by atoms with Crippen molar-refractivity contribution in [3.63, 3.8) is 0 Å². The molecule has 0 spiro atoms. The largest absolute Gasteiger partial charge is 0.385 e. The van der Waals surface area contributed by atoms with Gasteiger partial charge in [-0.1, -0.05) is 0 Å². The Labute approximate surface area is 74.2 Å². The molecule has 0 saturated heterocycles. The summed E-state index contributed by atoms with van der Waals surface area (Å²) in [4.78, 5) is 0. The maximum absolute atomic E-state index is 5.88. The first-order valence-corrected chi connectivity index (χ1v) is 4.62. The van der Waals surface area contributed by atoms with Gasteiger partial charge >= 0.3 is 0 Å². The van der Waals surface area contributed by atoms with Crippen molar-refractivity contribution in [1.82, 2.24) is 0 Å². The molecule has 0 amide bonds. The van der Waals surface area contributed by atoms with Crippen LogP contribution in [0.25, 0.3) is 0 Å². The third-order valence-electron chi connectivity index (χ3n) is 2.27. The Morgan fingerprint density at radius 1 is 1.25 bits per heavy atom. The highest BCUT2D eigenvalue weighted by molar-refractivity contribution is 4.98. The van der Waals surface area contributed by atoms with Crippen LogP contribution in [0.1, 0.15) is 25.7 Å². The number of nitrogens with two attached hydrogens (primary N) is 1. The van der Waals surface area contributed by atoms with Crippen molar-refractivity contribution in [3.8, 4) is 0 Å². The van der Waals surface area contributed by atoms with Gasteiger partial charge in [-0.3, -0.25) is 0 Å². The highest BCUT2D eigenvalue weighted by Crippen LogP contribution is 2.35. The van der Waals surface area contributed by atoms with Crippen LogP contribution in [0.15, 0.2) is 0 Å². The zero-order valence-electron chi connectivity index (χ0n) is 7.84. The lowest BCUT2D eigenvalue weighted by atomic mass is 10.2. The first-order valence-electron chi connectivity index (χ1n) is 4.62. The van der Waals surface area contributed by atoms with E-state index in [4.69, 9.17) is 15.2 Å². The molecule has 0 unspecified atom stereocenters. The third kappa shape index (κ3) is 4.04. The van der Waals surface area contributed by atoms with E-state index in [1.165, 1.54) is 12.8 Å². The van der Waals surface area contributed by atoms with Gasteiger partial charge in [0, 0.05) is 32.5 Å².